The van der Waals surface area contributed by atoms with Crippen LogP contribution in [0.5, 0.6) is 0 Å². The number of nitrogens with zero attached hydrogens (tertiary/aromatic N) is 1. The van der Waals surface area contributed by atoms with Crippen LogP contribution < -0.4 is 0 Å². The van der Waals surface area contributed by atoms with Gasteiger partial charge in [-0.05, 0) is 13.8 Å². The van der Waals surface area contributed by atoms with E-state index in [2.05, 4.69) is 5.92 Å². The Hall–Kier alpha value is -0.620. The minimum atomic E-state index is -2.55. The Labute approximate surface area is 71.7 Å². The van der Waals surface area contributed by atoms with Crippen LogP contribution in [0.4, 0.5) is 8.78 Å². The fourth-order valence-electron chi connectivity index (χ4n) is 1.30. The topological polar surface area (TPSA) is 3.24 Å². The Morgan fingerprint density at radius 3 is 2.42 bits per heavy atom. The molecule has 0 amide bonds. The van der Waals surface area contributed by atoms with E-state index < -0.39 is 11.5 Å². The molecule has 1 aliphatic rings. The van der Waals surface area contributed by atoms with Crippen molar-refractivity contribution in [3.63, 3.8) is 0 Å². The first-order valence-corrected chi connectivity index (χ1v) is 3.98. The van der Waals surface area contributed by atoms with Crippen LogP contribution in [0.25, 0.3) is 0 Å². The summed E-state index contributed by atoms with van der Waals surface area (Å²) >= 11 is 0. The normalized spacial score (nSPS) is 23.9. The molecule has 68 valence electrons. The van der Waals surface area contributed by atoms with Gasteiger partial charge in [-0.1, -0.05) is 5.92 Å². The zero-order valence-corrected chi connectivity index (χ0v) is 7.40. The van der Waals surface area contributed by atoms with E-state index in [9.17, 15) is 8.78 Å². The summed E-state index contributed by atoms with van der Waals surface area (Å²) in [7, 11) is 0. The van der Waals surface area contributed by atoms with Crippen molar-refractivity contribution in [2.75, 3.05) is 13.1 Å². The van der Waals surface area contributed by atoms with Crippen molar-refractivity contribution in [1.82, 2.24) is 4.90 Å². The van der Waals surface area contributed by atoms with E-state index in [1.165, 1.54) is 0 Å². The van der Waals surface area contributed by atoms with Gasteiger partial charge in [0.25, 0.3) is 5.92 Å². The van der Waals surface area contributed by atoms with Gasteiger partial charge >= 0.3 is 0 Å². The predicted octanol–water partition coefficient (Wildman–Crippen LogP) is 1.74. The SMILES string of the molecule is C#CC(C)(C)N1CCC(F)(F)C1. The summed E-state index contributed by atoms with van der Waals surface area (Å²) in [5.74, 6) is -0.0339. The molecule has 0 aromatic rings. The first kappa shape index (κ1) is 9.47. The number of hydrogen-bond donors (Lipinski definition) is 0. The van der Waals surface area contributed by atoms with Crippen molar-refractivity contribution in [3.05, 3.63) is 0 Å². The Balaban J connectivity index is 2.66. The number of terminal acetylenes is 1. The number of alkyl halides is 2. The third-order valence-electron chi connectivity index (χ3n) is 2.31. The molecule has 0 atom stereocenters. The smallest absolute Gasteiger partial charge is 0.261 e. The van der Waals surface area contributed by atoms with Crippen molar-refractivity contribution >= 4 is 0 Å². The molecule has 0 N–H and O–H groups in total. The molecule has 1 rings (SSSR count). The zero-order valence-electron chi connectivity index (χ0n) is 7.40. The monoisotopic (exact) mass is 173 g/mol. The molecule has 0 saturated carbocycles. The van der Waals surface area contributed by atoms with E-state index in [4.69, 9.17) is 6.42 Å². The zero-order chi connectivity index (χ0) is 9.41. The van der Waals surface area contributed by atoms with Gasteiger partial charge in [-0.15, -0.1) is 6.42 Å². The van der Waals surface area contributed by atoms with Crippen LogP contribution in [-0.4, -0.2) is 29.5 Å². The molecule has 1 nitrogen and oxygen atoms in total. The van der Waals surface area contributed by atoms with Gasteiger partial charge in [-0.25, -0.2) is 8.78 Å². The summed E-state index contributed by atoms with van der Waals surface area (Å²) in [5.41, 5.74) is -0.542. The second-order valence-electron chi connectivity index (χ2n) is 3.73. The molecule has 0 spiro atoms. The molecule has 0 bridgehead atoms. The predicted molar refractivity (Wildman–Crippen MR) is 44.0 cm³/mol. The molecule has 1 saturated heterocycles. The lowest BCUT2D eigenvalue weighted by Gasteiger charge is -2.29. The average Bonchev–Trinajstić information content (AvgIpc) is 2.31. The van der Waals surface area contributed by atoms with Crippen molar-refractivity contribution in [3.8, 4) is 12.3 Å². The van der Waals surface area contributed by atoms with Crippen molar-refractivity contribution in [2.24, 2.45) is 0 Å². The molecular weight excluding hydrogens is 160 g/mol. The van der Waals surface area contributed by atoms with Gasteiger partial charge in [-0.2, -0.15) is 0 Å². The summed E-state index contributed by atoms with van der Waals surface area (Å²) in [6.07, 6.45) is 5.17. The highest BCUT2D eigenvalue weighted by Crippen LogP contribution is 2.31. The average molecular weight is 173 g/mol. The Morgan fingerprint density at radius 1 is 1.50 bits per heavy atom. The van der Waals surface area contributed by atoms with Crippen molar-refractivity contribution in [2.45, 2.75) is 31.7 Å². The maximum Gasteiger partial charge on any atom is 0.261 e. The minimum Gasteiger partial charge on any atom is -0.282 e. The van der Waals surface area contributed by atoms with Crippen molar-refractivity contribution < 1.29 is 8.78 Å². The van der Waals surface area contributed by atoms with Crippen molar-refractivity contribution in [1.29, 1.82) is 0 Å². The number of rotatable bonds is 1. The Morgan fingerprint density at radius 2 is 2.08 bits per heavy atom. The van der Waals surface area contributed by atoms with Gasteiger partial charge in [0, 0.05) is 13.0 Å². The van der Waals surface area contributed by atoms with E-state index in [-0.39, 0.29) is 13.0 Å². The summed E-state index contributed by atoms with van der Waals surface area (Å²) in [4.78, 5) is 1.65. The quantitative estimate of drug-likeness (QED) is 0.546. The summed E-state index contributed by atoms with van der Waals surface area (Å²) in [6.45, 7) is 3.76. The van der Waals surface area contributed by atoms with Crippen LogP contribution in [-0.2, 0) is 0 Å². The Kier molecular flexibility index (Phi) is 2.13. The highest BCUT2D eigenvalue weighted by atomic mass is 19.3. The third kappa shape index (κ3) is 1.75. The molecule has 0 aromatic heterocycles. The minimum absolute atomic E-state index is 0.0713. The van der Waals surface area contributed by atoms with Crippen LogP contribution in [0.15, 0.2) is 0 Å². The maximum atomic E-state index is 12.8. The molecular formula is C9H13F2N. The molecule has 1 fully saturated rings. The molecule has 1 heterocycles. The third-order valence-corrected chi connectivity index (χ3v) is 2.31. The molecule has 0 unspecified atom stereocenters. The standard InChI is InChI=1S/C9H13F2N/c1-4-8(2,3)12-6-5-9(10,11)7-12/h1H,5-7H2,2-3H3. The van der Waals surface area contributed by atoms with E-state index in [0.29, 0.717) is 6.54 Å². The highest BCUT2D eigenvalue weighted by molar-refractivity contribution is 5.10. The number of hydrogen-bond acceptors (Lipinski definition) is 1. The number of halogens is 2. The van der Waals surface area contributed by atoms with Crippen LogP contribution in [0.2, 0.25) is 0 Å². The van der Waals surface area contributed by atoms with Crippen LogP contribution in [0.1, 0.15) is 20.3 Å². The van der Waals surface area contributed by atoms with E-state index in [1.807, 2.05) is 0 Å². The van der Waals surface area contributed by atoms with E-state index in [1.54, 1.807) is 18.7 Å². The Bertz CT molecular complexity index is 215. The fourth-order valence-corrected chi connectivity index (χ4v) is 1.30. The molecule has 0 radical (unpaired) electrons. The van der Waals surface area contributed by atoms with Gasteiger partial charge in [0.15, 0.2) is 0 Å². The molecule has 0 aliphatic carbocycles. The molecule has 0 aromatic carbocycles. The fraction of sp³-hybridized carbons (Fsp3) is 0.778. The first-order chi connectivity index (χ1) is 5.37. The lowest BCUT2D eigenvalue weighted by atomic mass is 10.1. The first-order valence-electron chi connectivity index (χ1n) is 3.98. The second kappa shape index (κ2) is 2.70. The van der Waals surface area contributed by atoms with Gasteiger partial charge in [0.1, 0.15) is 0 Å². The highest BCUT2D eigenvalue weighted by Gasteiger charge is 2.42. The molecule has 12 heavy (non-hydrogen) atoms. The lowest BCUT2D eigenvalue weighted by molar-refractivity contribution is 0.00511. The maximum absolute atomic E-state index is 12.8. The van der Waals surface area contributed by atoms with Gasteiger partial charge in [-0.3, -0.25) is 4.90 Å². The summed E-state index contributed by atoms with van der Waals surface area (Å²) in [6, 6.07) is 0. The summed E-state index contributed by atoms with van der Waals surface area (Å²) < 4.78 is 25.5. The molecule has 3 heteroatoms. The summed E-state index contributed by atoms with van der Waals surface area (Å²) in [5, 5.41) is 0. The van der Waals surface area contributed by atoms with Gasteiger partial charge in [0.05, 0.1) is 12.1 Å². The molecule has 1 aliphatic heterocycles. The van der Waals surface area contributed by atoms with Crippen LogP contribution in [0, 0.1) is 12.3 Å². The number of likely N-dealkylation sites (tertiary alicyclic amines) is 1. The van der Waals surface area contributed by atoms with Crippen LogP contribution >= 0.6 is 0 Å². The van der Waals surface area contributed by atoms with Crippen LogP contribution in [0.3, 0.4) is 0 Å². The van der Waals surface area contributed by atoms with E-state index in [0.717, 1.165) is 0 Å². The van der Waals surface area contributed by atoms with Gasteiger partial charge in [0.2, 0.25) is 0 Å². The largest absolute Gasteiger partial charge is 0.282 e. The second-order valence-corrected chi connectivity index (χ2v) is 3.73. The van der Waals surface area contributed by atoms with Gasteiger partial charge < -0.3 is 0 Å². The lowest BCUT2D eigenvalue weighted by Crippen LogP contribution is -2.42. The van der Waals surface area contributed by atoms with E-state index >= 15 is 0 Å².